The number of ether oxygens (including phenoxy) is 3. The molecule has 0 saturated carbocycles. The number of fused-ring (bicyclic) bond motifs is 1. The molecule has 6 N–H and O–H groups in total. The van der Waals surface area contributed by atoms with E-state index in [1.165, 1.54) is 11.8 Å². The van der Waals surface area contributed by atoms with E-state index < -0.39 is 36.7 Å². The highest BCUT2D eigenvalue weighted by atomic mass is 32.2. The monoisotopic (exact) mass is 547 g/mol. The number of benzene rings is 2. The number of primary amides is 1. The molecule has 38 heavy (non-hydrogen) atoms. The molecule has 1 aliphatic heterocycles. The van der Waals surface area contributed by atoms with Crippen LogP contribution in [0.2, 0.25) is 0 Å². The van der Waals surface area contributed by atoms with Gasteiger partial charge in [-0.25, -0.2) is 9.78 Å². The fourth-order valence-corrected chi connectivity index (χ4v) is 4.68. The van der Waals surface area contributed by atoms with Crippen molar-refractivity contribution in [2.75, 3.05) is 6.26 Å². The van der Waals surface area contributed by atoms with Gasteiger partial charge in [0.15, 0.2) is 6.10 Å². The lowest BCUT2D eigenvalue weighted by atomic mass is 9.99. The van der Waals surface area contributed by atoms with Crippen molar-refractivity contribution < 1.29 is 44.2 Å². The van der Waals surface area contributed by atoms with Crippen LogP contribution in [0.15, 0.2) is 42.5 Å². The molecule has 1 aromatic heterocycles. The second-order valence-electron chi connectivity index (χ2n) is 8.85. The smallest absolute Gasteiger partial charge is 0.335 e. The quantitative estimate of drug-likeness (QED) is 0.233. The molecular formula is C25H29N3O9S. The summed E-state index contributed by atoms with van der Waals surface area (Å²) in [5.74, 6) is -0.359. The molecule has 1 unspecified atom stereocenters. The molecule has 2 heterocycles. The lowest BCUT2D eigenvalue weighted by molar-refractivity contribution is -0.271. The van der Waals surface area contributed by atoms with Gasteiger partial charge in [0.1, 0.15) is 42.2 Å². The summed E-state index contributed by atoms with van der Waals surface area (Å²) in [7, 11) is 1.79. The summed E-state index contributed by atoms with van der Waals surface area (Å²) >= 11 is 1.41. The summed E-state index contributed by atoms with van der Waals surface area (Å²) in [5.41, 5.74) is 7.70. The summed E-state index contributed by atoms with van der Waals surface area (Å²) in [6, 6.07) is 12.3. The fraction of sp³-hybridized carbons (Fsp3) is 0.400. The van der Waals surface area contributed by atoms with E-state index in [0.717, 1.165) is 5.56 Å². The van der Waals surface area contributed by atoms with Crippen molar-refractivity contribution in [3.05, 3.63) is 53.9 Å². The van der Waals surface area contributed by atoms with E-state index in [4.69, 9.17) is 19.9 Å². The number of carbonyl (C=O) groups is 2. The van der Waals surface area contributed by atoms with E-state index in [1.807, 2.05) is 30.5 Å². The van der Waals surface area contributed by atoms with Gasteiger partial charge in [-0.05, 0) is 42.5 Å². The van der Waals surface area contributed by atoms with Crippen molar-refractivity contribution in [1.29, 1.82) is 0 Å². The number of thioether (sulfide) groups is 1. The minimum absolute atomic E-state index is 0.171. The third-order valence-electron chi connectivity index (χ3n) is 6.32. The van der Waals surface area contributed by atoms with E-state index in [1.54, 1.807) is 29.8 Å². The first-order valence-electron chi connectivity index (χ1n) is 11.7. The summed E-state index contributed by atoms with van der Waals surface area (Å²) in [6.45, 7) is 0.171. The van der Waals surface area contributed by atoms with Crippen LogP contribution in [0.4, 0.5) is 0 Å². The molecule has 2 aromatic carbocycles. The van der Waals surface area contributed by atoms with Crippen LogP contribution in [0.3, 0.4) is 0 Å². The zero-order valence-corrected chi connectivity index (χ0v) is 21.4. The van der Waals surface area contributed by atoms with Crippen LogP contribution in [0, 0.1) is 0 Å². The van der Waals surface area contributed by atoms with Crippen LogP contribution in [0.1, 0.15) is 11.4 Å². The molecule has 0 bridgehead atoms. The molecule has 0 spiro atoms. The number of aryl methyl sites for hydroxylation is 1. The average Bonchev–Trinajstić information content (AvgIpc) is 3.21. The Morgan fingerprint density at radius 3 is 2.42 bits per heavy atom. The zero-order valence-electron chi connectivity index (χ0n) is 20.6. The SMILES string of the molecule is CSC(Cc1ccc(OCc2nc3ccc(O[C@@H]4O[C@H](C(=O)O)[C@@H](O)[C@H](O)[C@H]4O)cc3n2C)cc1)C(N)=O. The van der Waals surface area contributed by atoms with Crippen molar-refractivity contribution in [1.82, 2.24) is 9.55 Å². The second-order valence-corrected chi connectivity index (χ2v) is 9.89. The topological polar surface area (TPSA) is 187 Å². The minimum atomic E-state index is -1.80. The van der Waals surface area contributed by atoms with Gasteiger partial charge in [0.2, 0.25) is 12.2 Å². The van der Waals surface area contributed by atoms with E-state index in [-0.39, 0.29) is 23.5 Å². The highest BCUT2D eigenvalue weighted by Gasteiger charge is 2.48. The molecule has 13 heteroatoms. The molecule has 1 saturated heterocycles. The van der Waals surface area contributed by atoms with Crippen molar-refractivity contribution in [2.24, 2.45) is 12.8 Å². The third kappa shape index (κ3) is 5.87. The number of aliphatic carboxylic acids is 1. The number of rotatable bonds is 10. The Morgan fingerprint density at radius 2 is 1.79 bits per heavy atom. The average molecular weight is 548 g/mol. The maximum atomic E-state index is 11.5. The number of hydrogen-bond acceptors (Lipinski definition) is 10. The van der Waals surface area contributed by atoms with E-state index in [9.17, 15) is 30.0 Å². The standard InChI is InChI=1S/C25H29N3O9S/c1-28-16-10-14(36-25-21(31)19(29)20(30)22(37-25)24(33)34)7-8-15(16)27-18(28)11-35-13-5-3-12(4-6-13)9-17(38-2)23(26)32/h3-8,10,17,19-22,25,29-31H,9,11H2,1-2H3,(H2,26,32)(H,33,34)/t17?,19-,20-,21+,22-,25+/m0/s1. The molecule has 1 fully saturated rings. The molecule has 4 rings (SSSR count). The van der Waals surface area contributed by atoms with Crippen LogP contribution in [0.5, 0.6) is 11.5 Å². The molecule has 204 valence electrons. The van der Waals surface area contributed by atoms with Crippen molar-refractivity contribution in [3.8, 4) is 11.5 Å². The maximum Gasteiger partial charge on any atom is 0.335 e. The van der Waals surface area contributed by atoms with Gasteiger partial charge in [0, 0.05) is 13.1 Å². The Hall–Kier alpha value is -3.36. The molecule has 0 radical (unpaired) electrons. The predicted octanol–water partition coefficient (Wildman–Crippen LogP) is 0.183. The number of carbonyl (C=O) groups excluding carboxylic acids is 1. The Morgan fingerprint density at radius 1 is 1.11 bits per heavy atom. The molecule has 0 aliphatic carbocycles. The fourth-order valence-electron chi connectivity index (χ4n) is 4.09. The highest BCUT2D eigenvalue weighted by molar-refractivity contribution is 7.99. The first-order valence-corrected chi connectivity index (χ1v) is 13.0. The Kier molecular flexibility index (Phi) is 8.43. The molecule has 3 aromatic rings. The van der Waals surface area contributed by atoms with E-state index in [2.05, 4.69) is 4.98 Å². The Balaban J connectivity index is 1.43. The highest BCUT2D eigenvalue weighted by Crippen LogP contribution is 2.27. The molecule has 12 nitrogen and oxygen atoms in total. The van der Waals surface area contributed by atoms with Crippen molar-refractivity contribution >= 4 is 34.7 Å². The number of nitrogens with two attached hydrogens (primary N) is 1. The van der Waals surface area contributed by atoms with Crippen LogP contribution < -0.4 is 15.2 Å². The van der Waals surface area contributed by atoms with Crippen LogP contribution >= 0.6 is 11.8 Å². The van der Waals surface area contributed by atoms with E-state index in [0.29, 0.717) is 29.0 Å². The van der Waals surface area contributed by atoms with Crippen LogP contribution in [0.25, 0.3) is 11.0 Å². The first-order chi connectivity index (χ1) is 18.1. The minimum Gasteiger partial charge on any atom is -0.486 e. The lowest BCUT2D eigenvalue weighted by Crippen LogP contribution is -2.61. The first kappa shape index (κ1) is 27.7. The summed E-state index contributed by atoms with van der Waals surface area (Å²) in [5, 5.41) is 39.0. The number of aliphatic hydroxyl groups is 3. The molecule has 1 aliphatic rings. The number of hydrogen-bond donors (Lipinski definition) is 5. The maximum absolute atomic E-state index is 11.5. The third-order valence-corrected chi connectivity index (χ3v) is 7.29. The van der Waals surface area contributed by atoms with Gasteiger partial charge in [-0.1, -0.05) is 12.1 Å². The van der Waals surface area contributed by atoms with Crippen molar-refractivity contribution in [2.45, 2.75) is 49.0 Å². The lowest BCUT2D eigenvalue weighted by Gasteiger charge is -2.38. The number of aliphatic hydroxyl groups excluding tert-OH is 3. The normalized spacial score (nSPS) is 24.2. The molecule has 6 atom stereocenters. The number of carboxylic acids is 1. The molecular weight excluding hydrogens is 518 g/mol. The van der Waals surface area contributed by atoms with Crippen LogP contribution in [-0.2, 0) is 34.4 Å². The number of amides is 1. The predicted molar refractivity (Wildman–Crippen MR) is 137 cm³/mol. The Bertz CT molecular complexity index is 1300. The van der Waals surface area contributed by atoms with Gasteiger partial charge in [-0.2, -0.15) is 11.8 Å². The number of nitrogens with zero attached hydrogens (tertiary/aromatic N) is 2. The molecule has 1 amide bonds. The number of imidazole rings is 1. The number of carboxylic acid groups (broad SMARTS) is 1. The summed E-state index contributed by atoms with van der Waals surface area (Å²) in [4.78, 5) is 27.4. The number of aromatic nitrogens is 2. The summed E-state index contributed by atoms with van der Waals surface area (Å²) in [6.07, 6.45) is -6.12. The van der Waals surface area contributed by atoms with Crippen molar-refractivity contribution in [3.63, 3.8) is 0 Å². The van der Waals surface area contributed by atoms with Gasteiger partial charge in [0.25, 0.3) is 0 Å². The van der Waals surface area contributed by atoms with Gasteiger partial charge in [0.05, 0.1) is 16.3 Å². The largest absolute Gasteiger partial charge is 0.486 e. The van der Waals surface area contributed by atoms with Crippen LogP contribution in [-0.4, -0.2) is 84.1 Å². The second kappa shape index (κ2) is 11.6. The van der Waals surface area contributed by atoms with Gasteiger partial charge < -0.3 is 44.9 Å². The summed E-state index contributed by atoms with van der Waals surface area (Å²) < 4.78 is 18.5. The zero-order chi connectivity index (χ0) is 27.6. The van der Waals surface area contributed by atoms with Gasteiger partial charge in [-0.3, -0.25) is 4.79 Å². The van der Waals surface area contributed by atoms with Gasteiger partial charge in [-0.15, -0.1) is 0 Å². The van der Waals surface area contributed by atoms with Gasteiger partial charge >= 0.3 is 5.97 Å². The Labute approximate surface area is 221 Å². The van der Waals surface area contributed by atoms with E-state index >= 15 is 0 Å².